The summed E-state index contributed by atoms with van der Waals surface area (Å²) >= 11 is 0. The number of nitrogens with zero attached hydrogens (tertiary/aromatic N) is 3. The highest BCUT2D eigenvalue weighted by Gasteiger charge is 2.33. The zero-order valence-corrected chi connectivity index (χ0v) is 14.7. The number of rotatable bonds is 5. The SMILES string of the molecule is Cc1ncc(C(C=O)Oc2cccc(C(F)(F)F)n2)c(C2CCNCC2)n1. The number of ether oxygens (including phenoxy) is 1. The van der Waals surface area contributed by atoms with Gasteiger partial charge in [-0.1, -0.05) is 6.07 Å². The van der Waals surface area contributed by atoms with Gasteiger partial charge in [-0.05, 0) is 38.9 Å². The first-order valence-electron chi connectivity index (χ1n) is 8.59. The average Bonchev–Trinajstić information content (AvgIpc) is 2.66. The monoisotopic (exact) mass is 380 g/mol. The van der Waals surface area contributed by atoms with Crippen LogP contribution in [0.3, 0.4) is 0 Å². The van der Waals surface area contributed by atoms with Crippen LogP contribution in [0.2, 0.25) is 0 Å². The van der Waals surface area contributed by atoms with Crippen LogP contribution in [-0.2, 0) is 11.0 Å². The van der Waals surface area contributed by atoms with Gasteiger partial charge in [0.2, 0.25) is 5.88 Å². The standard InChI is InChI=1S/C18H19F3N4O2/c1-11-23-9-13(17(24-11)12-5-7-22-8-6-12)14(10-26)27-16-4-2-3-15(25-16)18(19,20)21/h2-4,9-10,12,14,22H,5-8H2,1H3. The summed E-state index contributed by atoms with van der Waals surface area (Å²) in [6, 6.07) is 3.32. The predicted octanol–water partition coefficient (Wildman–Crippen LogP) is 2.98. The Labute approximate surface area is 154 Å². The topological polar surface area (TPSA) is 77.0 Å². The molecule has 0 radical (unpaired) electrons. The van der Waals surface area contributed by atoms with Gasteiger partial charge in [0, 0.05) is 23.7 Å². The Balaban J connectivity index is 1.91. The van der Waals surface area contributed by atoms with E-state index < -0.39 is 18.0 Å². The van der Waals surface area contributed by atoms with Gasteiger partial charge in [-0.2, -0.15) is 13.2 Å². The lowest BCUT2D eigenvalue weighted by atomic mass is 9.90. The number of hydrogen-bond acceptors (Lipinski definition) is 6. The van der Waals surface area contributed by atoms with E-state index in [4.69, 9.17) is 4.74 Å². The lowest BCUT2D eigenvalue weighted by Gasteiger charge is -2.25. The van der Waals surface area contributed by atoms with Crippen LogP contribution in [-0.4, -0.2) is 34.3 Å². The molecule has 1 aliphatic rings. The molecule has 3 rings (SSSR count). The van der Waals surface area contributed by atoms with E-state index in [-0.39, 0.29) is 11.8 Å². The summed E-state index contributed by atoms with van der Waals surface area (Å²) in [4.78, 5) is 23.8. The van der Waals surface area contributed by atoms with E-state index in [1.807, 2.05) is 0 Å². The highest BCUT2D eigenvalue weighted by molar-refractivity contribution is 5.61. The number of aromatic nitrogens is 3. The van der Waals surface area contributed by atoms with E-state index in [1.54, 1.807) is 6.92 Å². The quantitative estimate of drug-likeness (QED) is 0.804. The summed E-state index contributed by atoms with van der Waals surface area (Å²) in [5.74, 6) is 0.413. The number of nitrogens with one attached hydrogen (secondary N) is 1. The second-order valence-corrected chi connectivity index (χ2v) is 6.32. The van der Waals surface area contributed by atoms with Gasteiger partial charge in [0.15, 0.2) is 12.4 Å². The van der Waals surface area contributed by atoms with Crippen molar-refractivity contribution in [3.8, 4) is 5.88 Å². The van der Waals surface area contributed by atoms with Crippen molar-refractivity contribution >= 4 is 6.29 Å². The molecular formula is C18H19F3N4O2. The lowest BCUT2D eigenvalue weighted by molar-refractivity contribution is -0.141. The number of aldehydes is 1. The Morgan fingerprint density at radius 2 is 2.00 bits per heavy atom. The normalized spacial score (nSPS) is 16.7. The molecule has 27 heavy (non-hydrogen) atoms. The van der Waals surface area contributed by atoms with Gasteiger partial charge in [0.1, 0.15) is 11.5 Å². The van der Waals surface area contributed by atoms with Crippen molar-refractivity contribution in [2.45, 2.75) is 38.0 Å². The number of alkyl halides is 3. The van der Waals surface area contributed by atoms with E-state index in [9.17, 15) is 18.0 Å². The van der Waals surface area contributed by atoms with Crippen molar-refractivity contribution in [1.82, 2.24) is 20.3 Å². The van der Waals surface area contributed by atoms with Gasteiger partial charge in [-0.15, -0.1) is 0 Å². The minimum Gasteiger partial charge on any atom is -0.462 e. The van der Waals surface area contributed by atoms with Crippen molar-refractivity contribution in [1.29, 1.82) is 0 Å². The number of hydrogen-bond donors (Lipinski definition) is 1. The molecule has 1 atom stereocenters. The van der Waals surface area contributed by atoms with Crippen molar-refractivity contribution in [3.63, 3.8) is 0 Å². The van der Waals surface area contributed by atoms with Crippen LogP contribution < -0.4 is 10.1 Å². The summed E-state index contributed by atoms with van der Waals surface area (Å²) in [5.41, 5.74) is 0.0816. The largest absolute Gasteiger partial charge is 0.462 e. The highest BCUT2D eigenvalue weighted by Crippen LogP contribution is 2.32. The first kappa shape index (κ1) is 19.2. The van der Waals surface area contributed by atoms with E-state index in [0.717, 1.165) is 32.0 Å². The third-order valence-corrected chi connectivity index (χ3v) is 4.39. The molecule has 1 aliphatic heterocycles. The summed E-state index contributed by atoms with van der Waals surface area (Å²) in [6.07, 6.45) is -2.00. The van der Waals surface area contributed by atoms with Crippen LogP contribution in [0, 0.1) is 6.92 Å². The molecule has 0 aromatic carbocycles. The molecule has 0 bridgehead atoms. The van der Waals surface area contributed by atoms with E-state index in [2.05, 4.69) is 20.3 Å². The van der Waals surface area contributed by atoms with Crippen LogP contribution in [0.5, 0.6) is 5.88 Å². The molecule has 2 aromatic rings. The Kier molecular flexibility index (Phi) is 5.69. The molecule has 1 saturated heterocycles. The Bertz CT molecular complexity index is 807. The third-order valence-electron chi connectivity index (χ3n) is 4.39. The van der Waals surface area contributed by atoms with Crippen LogP contribution in [0.25, 0.3) is 0 Å². The maximum atomic E-state index is 12.8. The lowest BCUT2D eigenvalue weighted by Crippen LogP contribution is -2.28. The Morgan fingerprint density at radius 3 is 2.67 bits per heavy atom. The number of piperidine rings is 1. The molecule has 9 heteroatoms. The minimum atomic E-state index is -4.59. The molecule has 1 N–H and O–H groups in total. The average molecular weight is 380 g/mol. The van der Waals surface area contributed by atoms with Gasteiger partial charge < -0.3 is 10.1 Å². The molecule has 2 aromatic heterocycles. The predicted molar refractivity (Wildman–Crippen MR) is 90.3 cm³/mol. The fourth-order valence-corrected chi connectivity index (χ4v) is 3.07. The number of carbonyl (C=O) groups is 1. The maximum absolute atomic E-state index is 12.8. The van der Waals surface area contributed by atoms with Crippen molar-refractivity contribution in [3.05, 3.63) is 47.2 Å². The van der Waals surface area contributed by atoms with Crippen LogP contribution in [0.4, 0.5) is 13.2 Å². The van der Waals surface area contributed by atoms with Gasteiger partial charge >= 0.3 is 6.18 Å². The minimum absolute atomic E-state index is 0.128. The molecular weight excluding hydrogens is 361 g/mol. The van der Waals surface area contributed by atoms with Gasteiger partial charge in [-0.3, -0.25) is 4.79 Å². The maximum Gasteiger partial charge on any atom is 0.433 e. The number of carbonyl (C=O) groups excluding carboxylic acids is 1. The highest BCUT2D eigenvalue weighted by atomic mass is 19.4. The first-order valence-corrected chi connectivity index (χ1v) is 8.59. The molecule has 0 spiro atoms. The van der Waals surface area contributed by atoms with Gasteiger partial charge in [0.25, 0.3) is 0 Å². The fraction of sp³-hybridized carbons (Fsp3) is 0.444. The second kappa shape index (κ2) is 7.99. The van der Waals surface area contributed by atoms with Crippen LogP contribution in [0.15, 0.2) is 24.4 Å². The number of halogens is 3. The van der Waals surface area contributed by atoms with Crippen LogP contribution in [0.1, 0.15) is 47.6 Å². The van der Waals surface area contributed by atoms with E-state index in [0.29, 0.717) is 23.4 Å². The van der Waals surface area contributed by atoms with Crippen molar-refractivity contribution < 1.29 is 22.7 Å². The number of aryl methyl sites for hydroxylation is 1. The smallest absolute Gasteiger partial charge is 0.433 e. The van der Waals surface area contributed by atoms with Crippen molar-refractivity contribution in [2.75, 3.05) is 13.1 Å². The molecule has 1 unspecified atom stereocenters. The summed E-state index contributed by atoms with van der Waals surface area (Å²) in [7, 11) is 0. The molecule has 144 valence electrons. The summed E-state index contributed by atoms with van der Waals surface area (Å²) in [6.45, 7) is 3.41. The van der Waals surface area contributed by atoms with E-state index in [1.165, 1.54) is 18.3 Å². The first-order chi connectivity index (χ1) is 12.9. The Morgan fingerprint density at radius 1 is 1.26 bits per heavy atom. The fourth-order valence-electron chi connectivity index (χ4n) is 3.07. The zero-order chi connectivity index (χ0) is 19.4. The molecule has 0 saturated carbocycles. The molecule has 0 amide bonds. The summed E-state index contributed by atoms with van der Waals surface area (Å²) < 4.78 is 44.0. The van der Waals surface area contributed by atoms with Crippen LogP contribution >= 0.6 is 0 Å². The third kappa shape index (κ3) is 4.60. The number of pyridine rings is 1. The molecule has 6 nitrogen and oxygen atoms in total. The Hall–Kier alpha value is -2.55. The molecule has 1 fully saturated rings. The van der Waals surface area contributed by atoms with E-state index >= 15 is 0 Å². The van der Waals surface area contributed by atoms with Crippen molar-refractivity contribution in [2.24, 2.45) is 0 Å². The molecule has 3 heterocycles. The summed E-state index contributed by atoms with van der Waals surface area (Å²) in [5, 5.41) is 3.26. The van der Waals surface area contributed by atoms with Gasteiger partial charge in [-0.25, -0.2) is 15.0 Å². The molecule has 0 aliphatic carbocycles. The second-order valence-electron chi connectivity index (χ2n) is 6.32. The van der Waals surface area contributed by atoms with Gasteiger partial charge in [0.05, 0.1) is 5.69 Å². The zero-order valence-electron chi connectivity index (χ0n) is 14.7.